The van der Waals surface area contributed by atoms with E-state index >= 15 is 0 Å². The van der Waals surface area contributed by atoms with E-state index < -0.39 is 0 Å². The van der Waals surface area contributed by atoms with E-state index in [-0.39, 0.29) is 11.9 Å². The Morgan fingerprint density at radius 1 is 1.36 bits per heavy atom. The summed E-state index contributed by atoms with van der Waals surface area (Å²) in [5, 5.41) is 6.34. The van der Waals surface area contributed by atoms with Gasteiger partial charge < -0.3 is 14.4 Å². The number of aromatic nitrogens is 2. The first-order chi connectivity index (χ1) is 12.3. The lowest BCUT2D eigenvalue weighted by Gasteiger charge is -2.33. The van der Waals surface area contributed by atoms with Gasteiger partial charge in [0.15, 0.2) is 0 Å². The topological polar surface area (TPSA) is 56.6 Å². The van der Waals surface area contributed by atoms with Crippen LogP contribution >= 0.6 is 11.3 Å². The first-order valence-corrected chi connectivity index (χ1v) is 9.74. The highest BCUT2D eigenvalue weighted by Gasteiger charge is 2.31. The Morgan fingerprint density at radius 3 is 3.04 bits per heavy atom. The van der Waals surface area contributed by atoms with Gasteiger partial charge in [-0.1, -0.05) is 0 Å². The highest BCUT2D eigenvalue weighted by atomic mass is 32.1. The molecule has 4 rings (SSSR count). The third-order valence-electron chi connectivity index (χ3n) is 4.65. The fourth-order valence-corrected chi connectivity index (χ4v) is 3.99. The van der Waals surface area contributed by atoms with Crippen molar-refractivity contribution in [2.45, 2.75) is 32.4 Å². The van der Waals surface area contributed by atoms with E-state index in [1.54, 1.807) is 6.20 Å². The molecule has 0 bridgehead atoms. The van der Waals surface area contributed by atoms with E-state index in [9.17, 15) is 4.79 Å². The van der Waals surface area contributed by atoms with Gasteiger partial charge in [-0.15, -0.1) is 11.3 Å². The molecule has 2 aliphatic rings. The maximum absolute atomic E-state index is 13.0. The molecule has 0 spiro atoms. The Balaban J connectivity index is 1.48. The molecular formula is C18H23N3O3S. The largest absolute Gasteiger partial charge is 0.492 e. The van der Waals surface area contributed by atoms with Crippen molar-refractivity contribution in [1.82, 2.24) is 14.7 Å². The number of carbonyl (C=O) groups excluding carboxylic acids is 1. The number of fused-ring (bicyclic) bond motifs is 1. The van der Waals surface area contributed by atoms with Crippen molar-refractivity contribution in [3.05, 3.63) is 34.3 Å². The molecule has 134 valence electrons. The van der Waals surface area contributed by atoms with Crippen LogP contribution in [-0.2, 0) is 11.3 Å². The second kappa shape index (κ2) is 7.17. The van der Waals surface area contributed by atoms with Crippen LogP contribution in [-0.4, -0.2) is 47.0 Å². The minimum absolute atomic E-state index is 0.0260. The summed E-state index contributed by atoms with van der Waals surface area (Å²) in [6.07, 6.45) is 4.36. The fraction of sp³-hybridized carbons (Fsp3) is 0.556. The van der Waals surface area contributed by atoms with Gasteiger partial charge >= 0.3 is 0 Å². The number of rotatable bonds is 7. The van der Waals surface area contributed by atoms with Gasteiger partial charge in [-0.05, 0) is 43.2 Å². The summed E-state index contributed by atoms with van der Waals surface area (Å²) in [6, 6.07) is 3.91. The molecule has 0 saturated heterocycles. The Morgan fingerprint density at radius 2 is 2.24 bits per heavy atom. The Bertz CT molecular complexity index is 738. The number of carbonyl (C=O) groups is 1. The van der Waals surface area contributed by atoms with Gasteiger partial charge in [0.1, 0.15) is 10.6 Å². The van der Waals surface area contributed by atoms with Gasteiger partial charge in [0.05, 0.1) is 31.5 Å². The number of amides is 1. The molecule has 2 aromatic heterocycles. The fourth-order valence-electron chi connectivity index (χ4n) is 3.19. The van der Waals surface area contributed by atoms with E-state index in [1.165, 1.54) is 24.2 Å². The van der Waals surface area contributed by atoms with E-state index in [0.29, 0.717) is 36.9 Å². The molecule has 0 aromatic carbocycles. The van der Waals surface area contributed by atoms with Crippen molar-refractivity contribution >= 4 is 17.2 Å². The number of nitrogens with zero attached hydrogens (tertiary/aromatic N) is 3. The minimum atomic E-state index is 0.0260. The molecule has 0 unspecified atom stereocenters. The molecule has 0 N–H and O–H groups in total. The molecule has 1 aliphatic carbocycles. The predicted octanol–water partition coefficient (Wildman–Crippen LogP) is 2.97. The van der Waals surface area contributed by atoms with Crippen LogP contribution < -0.4 is 4.74 Å². The lowest BCUT2D eigenvalue weighted by Crippen LogP contribution is -2.42. The lowest BCUT2D eigenvalue weighted by molar-refractivity contribution is 0.0468. The summed E-state index contributed by atoms with van der Waals surface area (Å²) < 4.78 is 13.5. The van der Waals surface area contributed by atoms with Crippen LogP contribution in [0.3, 0.4) is 0 Å². The molecule has 0 radical (unpaired) electrons. The zero-order valence-electron chi connectivity index (χ0n) is 14.4. The third kappa shape index (κ3) is 3.57. The van der Waals surface area contributed by atoms with Crippen molar-refractivity contribution in [3.63, 3.8) is 0 Å². The highest BCUT2D eigenvalue weighted by molar-refractivity contribution is 7.12. The smallest absolute Gasteiger partial charge is 0.268 e. The van der Waals surface area contributed by atoms with Gasteiger partial charge in [-0.3, -0.25) is 9.48 Å². The highest BCUT2D eigenvalue weighted by Crippen LogP contribution is 2.31. The maximum atomic E-state index is 13.0. The van der Waals surface area contributed by atoms with Crippen LogP contribution in [0.2, 0.25) is 0 Å². The van der Waals surface area contributed by atoms with E-state index in [1.807, 2.05) is 34.0 Å². The summed E-state index contributed by atoms with van der Waals surface area (Å²) in [4.78, 5) is 15.6. The van der Waals surface area contributed by atoms with Gasteiger partial charge in [-0.2, -0.15) is 5.10 Å². The SMILES string of the molecule is CCOc1ccsc1C(=O)N1Cc2ccnn2[C@H](COCC2CC2)C1. The summed E-state index contributed by atoms with van der Waals surface area (Å²) in [7, 11) is 0. The van der Waals surface area contributed by atoms with Crippen LogP contribution in [0.4, 0.5) is 0 Å². The lowest BCUT2D eigenvalue weighted by atomic mass is 10.2. The van der Waals surface area contributed by atoms with E-state index in [2.05, 4.69) is 5.10 Å². The number of hydrogen-bond acceptors (Lipinski definition) is 5. The molecule has 2 aromatic rings. The standard InChI is InChI=1S/C18H23N3O3S/c1-2-24-16-6-8-25-17(16)18(22)20-9-14-5-7-19-21(14)15(10-20)12-23-11-13-3-4-13/h5-8,13,15H,2-4,9-12H2,1H3/t15-/m0/s1. The number of ether oxygens (including phenoxy) is 2. The van der Waals surface area contributed by atoms with Crippen LogP contribution in [0, 0.1) is 5.92 Å². The van der Waals surface area contributed by atoms with Crippen molar-refractivity contribution in [1.29, 1.82) is 0 Å². The summed E-state index contributed by atoms with van der Waals surface area (Å²) >= 11 is 1.44. The number of thiophene rings is 1. The molecule has 1 aliphatic heterocycles. The maximum Gasteiger partial charge on any atom is 0.268 e. The summed E-state index contributed by atoms with van der Waals surface area (Å²) in [5.41, 5.74) is 1.05. The third-order valence-corrected chi connectivity index (χ3v) is 5.54. The van der Waals surface area contributed by atoms with Crippen LogP contribution in [0.1, 0.15) is 41.2 Å². The Kier molecular flexibility index (Phi) is 4.76. The van der Waals surface area contributed by atoms with E-state index in [4.69, 9.17) is 9.47 Å². The summed E-state index contributed by atoms with van der Waals surface area (Å²) in [6.45, 7) is 5.08. The number of hydrogen-bond donors (Lipinski definition) is 0. The average molecular weight is 361 g/mol. The molecule has 7 heteroatoms. The summed E-state index contributed by atoms with van der Waals surface area (Å²) in [5.74, 6) is 1.44. The molecule has 6 nitrogen and oxygen atoms in total. The monoisotopic (exact) mass is 361 g/mol. The minimum Gasteiger partial charge on any atom is -0.492 e. The van der Waals surface area contributed by atoms with Crippen molar-refractivity contribution in [3.8, 4) is 5.75 Å². The first-order valence-electron chi connectivity index (χ1n) is 8.86. The van der Waals surface area contributed by atoms with Crippen molar-refractivity contribution in [2.24, 2.45) is 5.92 Å². The predicted molar refractivity (Wildman–Crippen MR) is 95.0 cm³/mol. The Labute approximate surface area is 151 Å². The van der Waals surface area contributed by atoms with Crippen LogP contribution in [0.15, 0.2) is 23.7 Å². The van der Waals surface area contributed by atoms with Gasteiger partial charge in [0.2, 0.25) is 0 Å². The normalized spacial score (nSPS) is 19.7. The molecule has 1 amide bonds. The Hall–Kier alpha value is -1.86. The van der Waals surface area contributed by atoms with Gasteiger partial charge in [-0.25, -0.2) is 0 Å². The first kappa shape index (κ1) is 16.6. The zero-order valence-corrected chi connectivity index (χ0v) is 15.2. The molecule has 1 fully saturated rings. The molecule has 1 atom stereocenters. The van der Waals surface area contributed by atoms with Crippen molar-refractivity contribution < 1.29 is 14.3 Å². The average Bonchev–Trinajstić information content (AvgIpc) is 3.12. The second-order valence-corrected chi connectivity index (χ2v) is 7.55. The van der Waals surface area contributed by atoms with E-state index in [0.717, 1.165) is 18.2 Å². The van der Waals surface area contributed by atoms with Crippen molar-refractivity contribution in [2.75, 3.05) is 26.4 Å². The zero-order chi connectivity index (χ0) is 17.2. The quantitative estimate of drug-likeness (QED) is 0.761. The van der Waals surface area contributed by atoms with Crippen LogP contribution in [0.25, 0.3) is 0 Å². The molecule has 3 heterocycles. The van der Waals surface area contributed by atoms with Crippen LogP contribution in [0.5, 0.6) is 5.75 Å². The second-order valence-electron chi connectivity index (χ2n) is 6.63. The molecular weight excluding hydrogens is 338 g/mol. The molecule has 25 heavy (non-hydrogen) atoms. The van der Waals surface area contributed by atoms with Gasteiger partial charge in [0.25, 0.3) is 5.91 Å². The van der Waals surface area contributed by atoms with Gasteiger partial charge in [0, 0.05) is 19.3 Å². The molecule has 1 saturated carbocycles.